The van der Waals surface area contributed by atoms with Gasteiger partial charge in [0.05, 0.1) is 42.5 Å². The lowest BCUT2D eigenvalue weighted by molar-refractivity contribution is -0.141. The van der Waals surface area contributed by atoms with Crippen LogP contribution in [0.5, 0.6) is 5.75 Å². The number of amides is 2. The van der Waals surface area contributed by atoms with Gasteiger partial charge in [0.2, 0.25) is 5.89 Å². The molecule has 1 aliphatic rings. The van der Waals surface area contributed by atoms with Crippen LogP contribution < -0.4 is 15.4 Å². The van der Waals surface area contributed by atoms with Gasteiger partial charge in [-0.25, -0.2) is 9.59 Å². The third-order valence-electron chi connectivity index (χ3n) is 4.50. The van der Waals surface area contributed by atoms with Crippen LogP contribution >= 0.6 is 11.8 Å². The van der Waals surface area contributed by atoms with Gasteiger partial charge in [-0.05, 0) is 24.6 Å². The summed E-state index contributed by atoms with van der Waals surface area (Å²) in [7, 11) is 1.54. The van der Waals surface area contributed by atoms with Crippen LogP contribution in [-0.4, -0.2) is 54.2 Å². The number of aryl methyl sites for hydroxylation is 1. The zero-order valence-electron chi connectivity index (χ0n) is 18.4. The van der Waals surface area contributed by atoms with E-state index in [4.69, 9.17) is 18.7 Å². The highest BCUT2D eigenvalue weighted by Crippen LogP contribution is 2.29. The van der Waals surface area contributed by atoms with E-state index in [2.05, 4.69) is 20.8 Å². The Morgan fingerprint density at radius 1 is 1.21 bits per heavy atom. The molecular weight excluding hydrogens is 452 g/mol. The minimum Gasteiger partial charge on any atom is -0.497 e. The molecule has 0 spiro atoms. The fraction of sp³-hybridized carbons (Fsp3) is 0.381. The van der Waals surface area contributed by atoms with Gasteiger partial charge in [0.1, 0.15) is 12.4 Å². The first-order valence-corrected chi connectivity index (χ1v) is 11.2. The second-order valence-electron chi connectivity index (χ2n) is 6.80. The number of hydrogen-bond donors (Lipinski definition) is 2. The van der Waals surface area contributed by atoms with Crippen molar-refractivity contribution in [2.24, 2.45) is 0 Å². The first kappa shape index (κ1) is 24.1. The fourth-order valence-corrected chi connectivity index (χ4v) is 3.70. The monoisotopic (exact) mass is 476 g/mol. The SMILES string of the molecule is CCOC(=O)C1=C(COC(=O)CSCc2noc(C)n2)NC(=O)NC1c1ccc(OC)cc1. The number of ether oxygens (including phenoxy) is 3. The van der Waals surface area contributed by atoms with E-state index in [1.807, 2.05) is 0 Å². The lowest BCUT2D eigenvalue weighted by atomic mass is 9.95. The Morgan fingerprint density at radius 2 is 1.97 bits per heavy atom. The van der Waals surface area contributed by atoms with Crippen molar-refractivity contribution < 1.29 is 33.1 Å². The number of carbonyl (C=O) groups excluding carboxylic acids is 3. The van der Waals surface area contributed by atoms with Gasteiger partial charge >= 0.3 is 18.0 Å². The molecule has 1 aliphatic heterocycles. The van der Waals surface area contributed by atoms with Gasteiger partial charge in [-0.2, -0.15) is 4.98 Å². The molecule has 0 bridgehead atoms. The lowest BCUT2D eigenvalue weighted by Crippen LogP contribution is -2.47. The molecule has 0 fully saturated rings. The van der Waals surface area contributed by atoms with Crippen LogP contribution in [0, 0.1) is 6.92 Å². The minimum absolute atomic E-state index is 0.0315. The number of methoxy groups -OCH3 is 1. The second kappa shape index (κ2) is 11.4. The largest absolute Gasteiger partial charge is 0.497 e. The first-order valence-electron chi connectivity index (χ1n) is 10.1. The number of thioether (sulfide) groups is 1. The molecule has 2 amide bonds. The van der Waals surface area contributed by atoms with Crippen LogP contribution in [0.2, 0.25) is 0 Å². The van der Waals surface area contributed by atoms with Crippen molar-refractivity contribution in [3.8, 4) is 5.75 Å². The van der Waals surface area contributed by atoms with Crippen molar-refractivity contribution in [3.63, 3.8) is 0 Å². The molecule has 0 radical (unpaired) electrons. The summed E-state index contributed by atoms with van der Waals surface area (Å²) in [5.74, 6) is 0.810. The zero-order chi connectivity index (χ0) is 23.8. The average molecular weight is 477 g/mol. The predicted octanol–water partition coefficient (Wildman–Crippen LogP) is 2.03. The number of hydrogen-bond acceptors (Lipinski definition) is 10. The Morgan fingerprint density at radius 3 is 2.61 bits per heavy atom. The Bertz CT molecular complexity index is 1040. The summed E-state index contributed by atoms with van der Waals surface area (Å²) in [5, 5.41) is 9.03. The fourth-order valence-electron chi connectivity index (χ4n) is 3.05. The predicted molar refractivity (Wildman–Crippen MR) is 117 cm³/mol. The van der Waals surface area contributed by atoms with E-state index < -0.39 is 24.0 Å². The maximum atomic E-state index is 12.7. The molecule has 0 aliphatic carbocycles. The Balaban J connectivity index is 1.72. The number of benzene rings is 1. The smallest absolute Gasteiger partial charge is 0.338 e. The lowest BCUT2D eigenvalue weighted by Gasteiger charge is -2.29. The van der Waals surface area contributed by atoms with E-state index >= 15 is 0 Å². The van der Waals surface area contributed by atoms with Crippen LogP contribution in [0.25, 0.3) is 0 Å². The van der Waals surface area contributed by atoms with Crippen LogP contribution in [0.15, 0.2) is 40.1 Å². The van der Waals surface area contributed by atoms with E-state index in [-0.39, 0.29) is 30.2 Å². The molecule has 2 aromatic rings. The van der Waals surface area contributed by atoms with E-state index in [0.717, 1.165) is 0 Å². The van der Waals surface area contributed by atoms with Gasteiger partial charge in [-0.1, -0.05) is 17.3 Å². The number of nitrogens with zero attached hydrogens (tertiary/aromatic N) is 2. The van der Waals surface area contributed by atoms with Crippen molar-refractivity contribution in [2.75, 3.05) is 26.1 Å². The van der Waals surface area contributed by atoms with Gasteiger partial charge in [0.15, 0.2) is 5.82 Å². The third-order valence-corrected chi connectivity index (χ3v) is 5.40. The standard InChI is InChI=1S/C21H24N4O7S/c1-4-30-20(27)18-15(9-31-17(26)11-33-10-16-22-12(2)32-25-16)23-21(28)24-19(18)13-5-7-14(29-3)8-6-13/h5-8,19H,4,9-11H2,1-3H3,(H2,23,24,28). The van der Waals surface area contributed by atoms with Crippen LogP contribution in [0.4, 0.5) is 4.79 Å². The number of carbonyl (C=O) groups is 3. The molecule has 0 saturated heterocycles. The van der Waals surface area contributed by atoms with Crippen molar-refractivity contribution in [2.45, 2.75) is 25.6 Å². The van der Waals surface area contributed by atoms with Crippen LogP contribution in [0.3, 0.4) is 0 Å². The maximum Gasteiger partial charge on any atom is 0.338 e. The summed E-state index contributed by atoms with van der Waals surface area (Å²) in [6.45, 7) is 3.20. The molecule has 12 heteroatoms. The topological polar surface area (TPSA) is 142 Å². The Kier molecular flexibility index (Phi) is 8.30. The van der Waals surface area contributed by atoms with Gasteiger partial charge in [0, 0.05) is 6.92 Å². The molecule has 11 nitrogen and oxygen atoms in total. The van der Waals surface area contributed by atoms with Gasteiger partial charge in [-0.3, -0.25) is 4.79 Å². The number of aromatic nitrogens is 2. The first-order chi connectivity index (χ1) is 15.9. The van der Waals surface area contributed by atoms with Crippen molar-refractivity contribution in [1.82, 2.24) is 20.8 Å². The maximum absolute atomic E-state index is 12.7. The highest BCUT2D eigenvalue weighted by atomic mass is 32.2. The summed E-state index contributed by atoms with van der Waals surface area (Å²) >= 11 is 1.25. The quantitative estimate of drug-likeness (QED) is 0.489. The number of urea groups is 1. The van der Waals surface area contributed by atoms with E-state index in [0.29, 0.717) is 28.8 Å². The normalized spacial score (nSPS) is 15.5. The molecule has 1 aromatic carbocycles. The van der Waals surface area contributed by atoms with Gasteiger partial charge in [0.25, 0.3) is 0 Å². The summed E-state index contributed by atoms with van der Waals surface area (Å²) in [4.78, 5) is 41.3. The number of nitrogens with one attached hydrogen (secondary N) is 2. The summed E-state index contributed by atoms with van der Waals surface area (Å²) in [6, 6.07) is 5.58. The molecule has 1 atom stereocenters. The molecule has 33 heavy (non-hydrogen) atoms. The van der Waals surface area contributed by atoms with Crippen LogP contribution in [-0.2, 0) is 24.8 Å². The minimum atomic E-state index is -0.784. The summed E-state index contributed by atoms with van der Waals surface area (Å²) in [6.07, 6.45) is 0. The average Bonchev–Trinajstić information content (AvgIpc) is 3.22. The van der Waals surface area contributed by atoms with E-state index in [9.17, 15) is 14.4 Å². The Labute approximate surface area is 194 Å². The highest BCUT2D eigenvalue weighted by molar-refractivity contribution is 7.99. The molecule has 176 valence electrons. The van der Waals surface area contributed by atoms with Crippen molar-refractivity contribution >= 4 is 29.7 Å². The second-order valence-corrected chi connectivity index (χ2v) is 7.79. The summed E-state index contributed by atoms with van der Waals surface area (Å²) in [5.41, 5.74) is 0.956. The molecule has 1 aromatic heterocycles. The summed E-state index contributed by atoms with van der Waals surface area (Å²) < 4.78 is 20.5. The highest BCUT2D eigenvalue weighted by Gasteiger charge is 2.34. The van der Waals surface area contributed by atoms with Crippen molar-refractivity contribution in [1.29, 1.82) is 0 Å². The molecule has 1 unspecified atom stereocenters. The zero-order valence-corrected chi connectivity index (χ0v) is 19.2. The molecule has 0 saturated carbocycles. The van der Waals surface area contributed by atoms with Gasteiger partial charge < -0.3 is 29.4 Å². The Hall–Kier alpha value is -3.54. The van der Waals surface area contributed by atoms with Crippen molar-refractivity contribution in [3.05, 3.63) is 52.8 Å². The number of esters is 2. The van der Waals surface area contributed by atoms with Crippen LogP contribution in [0.1, 0.15) is 30.2 Å². The third kappa shape index (κ3) is 6.48. The van der Waals surface area contributed by atoms with E-state index in [1.165, 1.54) is 11.8 Å². The molecule has 2 N–H and O–H groups in total. The van der Waals surface area contributed by atoms with E-state index in [1.54, 1.807) is 45.2 Å². The molecule has 3 rings (SSSR count). The van der Waals surface area contributed by atoms with Gasteiger partial charge in [-0.15, -0.1) is 11.8 Å². The number of rotatable bonds is 10. The molecule has 2 heterocycles. The molecular formula is C21H24N4O7S.